The number of sulfonamides is 1. The third kappa shape index (κ3) is 4.00. The smallest absolute Gasteiger partial charge is 0.257 e. The highest BCUT2D eigenvalue weighted by Crippen LogP contribution is 2.21. The van der Waals surface area contributed by atoms with Gasteiger partial charge in [-0.3, -0.25) is 4.79 Å². The number of hydrogen-bond donors (Lipinski definition) is 2. The van der Waals surface area contributed by atoms with E-state index in [2.05, 4.69) is 4.72 Å². The number of nitrogens with one attached hydrogen (secondary N) is 1. The summed E-state index contributed by atoms with van der Waals surface area (Å²) >= 11 is 0. The SMILES string of the molecule is O=C(c1ccccc1O)N1CCC(NS(=O)(=O)c2ccccc2)CC1. The molecular weight excluding hydrogens is 340 g/mol. The van der Waals surface area contributed by atoms with Gasteiger partial charge in [0.2, 0.25) is 10.0 Å². The van der Waals surface area contributed by atoms with Gasteiger partial charge >= 0.3 is 0 Å². The van der Waals surface area contributed by atoms with Crippen LogP contribution in [0.4, 0.5) is 0 Å². The summed E-state index contributed by atoms with van der Waals surface area (Å²) in [7, 11) is -3.55. The molecule has 132 valence electrons. The van der Waals surface area contributed by atoms with E-state index in [1.165, 1.54) is 6.07 Å². The van der Waals surface area contributed by atoms with Crippen molar-refractivity contribution in [3.63, 3.8) is 0 Å². The van der Waals surface area contributed by atoms with Crippen molar-refractivity contribution in [2.75, 3.05) is 13.1 Å². The molecule has 0 bridgehead atoms. The standard InChI is InChI=1S/C18H20N2O4S/c21-17-9-5-4-8-16(17)18(22)20-12-10-14(11-13-20)19-25(23,24)15-6-2-1-3-7-15/h1-9,14,19,21H,10-13H2. The van der Waals surface area contributed by atoms with Gasteiger partial charge in [0, 0.05) is 19.1 Å². The summed E-state index contributed by atoms with van der Waals surface area (Å²) in [6, 6.07) is 14.5. The molecule has 0 aromatic heterocycles. The molecule has 0 spiro atoms. The second-order valence-electron chi connectivity index (χ2n) is 6.02. The molecule has 2 aromatic rings. The summed E-state index contributed by atoms with van der Waals surface area (Å²) in [5.74, 6) is -0.276. The number of piperidine rings is 1. The summed E-state index contributed by atoms with van der Waals surface area (Å²) < 4.78 is 27.4. The van der Waals surface area contributed by atoms with Gasteiger partial charge in [0.25, 0.3) is 5.91 Å². The minimum Gasteiger partial charge on any atom is -0.507 e. The predicted octanol–water partition coefficient (Wildman–Crippen LogP) is 1.98. The van der Waals surface area contributed by atoms with Gasteiger partial charge in [-0.05, 0) is 37.1 Å². The molecule has 0 atom stereocenters. The summed E-state index contributed by atoms with van der Waals surface area (Å²) in [6.45, 7) is 0.879. The normalized spacial score (nSPS) is 15.9. The first-order chi connectivity index (χ1) is 12.0. The van der Waals surface area contributed by atoms with Crippen molar-refractivity contribution >= 4 is 15.9 Å². The number of carbonyl (C=O) groups is 1. The number of nitrogens with zero attached hydrogens (tertiary/aromatic N) is 1. The Morgan fingerprint density at radius 2 is 1.60 bits per heavy atom. The highest BCUT2D eigenvalue weighted by Gasteiger charge is 2.27. The molecular formula is C18H20N2O4S. The van der Waals surface area contributed by atoms with Crippen LogP contribution in [-0.4, -0.2) is 43.5 Å². The monoisotopic (exact) mass is 360 g/mol. The van der Waals surface area contributed by atoms with Gasteiger partial charge in [-0.1, -0.05) is 30.3 Å². The van der Waals surface area contributed by atoms with Gasteiger partial charge in [-0.2, -0.15) is 0 Å². The van der Waals surface area contributed by atoms with Crippen molar-refractivity contribution in [1.29, 1.82) is 0 Å². The fraction of sp³-hybridized carbons (Fsp3) is 0.278. The molecule has 1 aliphatic heterocycles. The Bertz CT molecular complexity index is 844. The van der Waals surface area contributed by atoms with E-state index in [4.69, 9.17) is 0 Å². The topological polar surface area (TPSA) is 86.7 Å². The molecule has 0 saturated carbocycles. The van der Waals surface area contributed by atoms with Crippen molar-refractivity contribution < 1.29 is 18.3 Å². The average molecular weight is 360 g/mol. The minimum absolute atomic E-state index is 0.0422. The van der Waals surface area contributed by atoms with Gasteiger partial charge in [0.05, 0.1) is 10.5 Å². The summed E-state index contributed by atoms with van der Waals surface area (Å²) in [4.78, 5) is 14.3. The van der Waals surface area contributed by atoms with E-state index < -0.39 is 10.0 Å². The molecule has 1 fully saturated rings. The fourth-order valence-corrected chi connectivity index (χ4v) is 4.24. The number of aromatic hydroxyl groups is 1. The quantitative estimate of drug-likeness (QED) is 0.873. The molecule has 0 unspecified atom stereocenters. The third-order valence-corrected chi connectivity index (χ3v) is 5.83. The number of phenolic OH excluding ortho intramolecular Hbond substituents is 1. The first kappa shape index (κ1) is 17.4. The summed E-state index contributed by atoms with van der Waals surface area (Å²) in [6.07, 6.45) is 1.07. The second-order valence-corrected chi connectivity index (χ2v) is 7.73. The molecule has 2 aromatic carbocycles. The lowest BCUT2D eigenvalue weighted by molar-refractivity contribution is 0.0708. The Morgan fingerprint density at radius 3 is 2.24 bits per heavy atom. The number of amides is 1. The van der Waals surface area contributed by atoms with Crippen molar-refractivity contribution in [1.82, 2.24) is 9.62 Å². The van der Waals surface area contributed by atoms with Gasteiger partial charge in [0.15, 0.2) is 0 Å². The van der Waals surface area contributed by atoms with Crippen LogP contribution >= 0.6 is 0 Å². The number of hydrogen-bond acceptors (Lipinski definition) is 4. The van der Waals surface area contributed by atoms with Crippen molar-refractivity contribution in [3.8, 4) is 5.75 Å². The van der Waals surface area contributed by atoms with E-state index in [1.807, 2.05) is 0 Å². The second kappa shape index (κ2) is 7.25. The van der Waals surface area contributed by atoms with Crippen LogP contribution in [0.1, 0.15) is 23.2 Å². The Morgan fingerprint density at radius 1 is 1.00 bits per heavy atom. The zero-order valence-electron chi connectivity index (χ0n) is 13.6. The van der Waals surface area contributed by atoms with E-state index in [0.29, 0.717) is 25.9 Å². The number of carbonyl (C=O) groups excluding carboxylic acids is 1. The van der Waals surface area contributed by atoms with Crippen LogP contribution in [0.15, 0.2) is 59.5 Å². The first-order valence-corrected chi connectivity index (χ1v) is 9.60. The zero-order chi connectivity index (χ0) is 17.9. The number of rotatable bonds is 4. The highest BCUT2D eigenvalue weighted by molar-refractivity contribution is 7.89. The van der Waals surface area contributed by atoms with Crippen LogP contribution in [0, 0.1) is 0 Å². The summed E-state index contributed by atoms with van der Waals surface area (Å²) in [5, 5.41) is 9.80. The molecule has 7 heteroatoms. The molecule has 1 amide bonds. The number of benzene rings is 2. The maximum absolute atomic E-state index is 12.5. The van der Waals surface area contributed by atoms with Crippen LogP contribution in [-0.2, 0) is 10.0 Å². The van der Waals surface area contributed by atoms with Crippen molar-refractivity contribution in [3.05, 3.63) is 60.2 Å². The average Bonchev–Trinajstić information content (AvgIpc) is 2.63. The third-order valence-electron chi connectivity index (χ3n) is 4.29. The van der Waals surface area contributed by atoms with Crippen LogP contribution in [0.5, 0.6) is 5.75 Å². The summed E-state index contributed by atoms with van der Waals surface area (Å²) in [5.41, 5.74) is 0.269. The minimum atomic E-state index is -3.55. The molecule has 3 rings (SSSR count). The molecule has 25 heavy (non-hydrogen) atoms. The molecule has 0 radical (unpaired) electrons. The first-order valence-electron chi connectivity index (χ1n) is 8.12. The van der Waals surface area contributed by atoms with Crippen LogP contribution < -0.4 is 4.72 Å². The Labute approximate surface area is 147 Å². The Hall–Kier alpha value is -2.38. The maximum atomic E-state index is 12.5. The van der Waals surface area contributed by atoms with Gasteiger partial charge < -0.3 is 10.0 Å². The molecule has 1 saturated heterocycles. The zero-order valence-corrected chi connectivity index (χ0v) is 14.4. The van der Waals surface area contributed by atoms with E-state index in [0.717, 1.165) is 0 Å². The van der Waals surface area contributed by atoms with Crippen molar-refractivity contribution in [2.24, 2.45) is 0 Å². The van der Waals surface area contributed by atoms with Crippen molar-refractivity contribution in [2.45, 2.75) is 23.8 Å². The lowest BCUT2D eigenvalue weighted by atomic mass is 10.0. The van der Waals surface area contributed by atoms with Crippen LogP contribution in [0.2, 0.25) is 0 Å². The molecule has 1 aliphatic rings. The Kier molecular flexibility index (Phi) is 5.06. The van der Waals surface area contributed by atoms with E-state index in [1.54, 1.807) is 53.4 Å². The molecule has 6 nitrogen and oxygen atoms in total. The lowest BCUT2D eigenvalue weighted by Gasteiger charge is -2.32. The van der Waals surface area contributed by atoms with Gasteiger partial charge in [0.1, 0.15) is 5.75 Å². The Balaban J connectivity index is 1.61. The van der Waals surface area contributed by atoms with E-state index in [-0.39, 0.29) is 28.2 Å². The maximum Gasteiger partial charge on any atom is 0.257 e. The number of para-hydroxylation sites is 1. The van der Waals surface area contributed by atoms with E-state index in [9.17, 15) is 18.3 Å². The van der Waals surface area contributed by atoms with Crippen LogP contribution in [0.3, 0.4) is 0 Å². The molecule has 0 aliphatic carbocycles. The molecule has 2 N–H and O–H groups in total. The van der Waals surface area contributed by atoms with E-state index >= 15 is 0 Å². The largest absolute Gasteiger partial charge is 0.507 e. The van der Waals surface area contributed by atoms with Gasteiger partial charge in [-0.15, -0.1) is 0 Å². The molecule has 1 heterocycles. The predicted molar refractivity (Wildman–Crippen MR) is 93.8 cm³/mol. The van der Waals surface area contributed by atoms with Crippen LogP contribution in [0.25, 0.3) is 0 Å². The fourth-order valence-electron chi connectivity index (χ4n) is 2.91. The highest BCUT2D eigenvalue weighted by atomic mass is 32.2. The number of likely N-dealkylation sites (tertiary alicyclic amines) is 1. The lowest BCUT2D eigenvalue weighted by Crippen LogP contribution is -2.46. The number of phenols is 1. The van der Waals surface area contributed by atoms with Gasteiger partial charge in [-0.25, -0.2) is 13.1 Å².